The zero-order valence-electron chi connectivity index (χ0n) is 10.4. The number of fused-ring (bicyclic) bond motifs is 1. The van der Waals surface area contributed by atoms with E-state index >= 15 is 0 Å². The van der Waals surface area contributed by atoms with Crippen LogP contribution in [0.3, 0.4) is 0 Å². The van der Waals surface area contributed by atoms with Crippen LogP contribution >= 0.6 is 15.9 Å². The van der Waals surface area contributed by atoms with Gasteiger partial charge < -0.3 is 0 Å². The average molecular weight is 325 g/mol. The van der Waals surface area contributed by atoms with Gasteiger partial charge in [0.25, 0.3) is 0 Å². The van der Waals surface area contributed by atoms with E-state index in [4.69, 9.17) is 0 Å². The number of hydrogen-bond acceptors (Lipinski definition) is 3. The third-order valence-corrected chi connectivity index (χ3v) is 3.61. The number of benzene rings is 2. The van der Waals surface area contributed by atoms with E-state index in [0.29, 0.717) is 5.70 Å². The van der Waals surface area contributed by atoms with Crippen LogP contribution in [0.4, 0.5) is 0 Å². The van der Waals surface area contributed by atoms with Crippen molar-refractivity contribution in [1.82, 2.24) is 15.0 Å². The number of rotatable bonds is 2. The van der Waals surface area contributed by atoms with Gasteiger partial charge in [0, 0.05) is 4.47 Å². The zero-order valence-corrected chi connectivity index (χ0v) is 11.9. The van der Waals surface area contributed by atoms with Crippen molar-refractivity contribution >= 4 is 38.7 Å². The second kappa shape index (κ2) is 5.27. The number of para-hydroxylation sites is 1. The SMILES string of the molecule is N#C/C(=C/c1ccccc1Br)n1nnc2ccccc21. The standard InChI is InChI=1S/C15H9BrN4/c16-13-6-2-1-5-11(13)9-12(10-17)20-15-8-4-3-7-14(15)18-19-20/h1-9H/b12-9-. The van der Waals surface area contributed by atoms with Crippen LogP contribution in [0.5, 0.6) is 0 Å². The van der Waals surface area contributed by atoms with Crippen molar-refractivity contribution in [3.63, 3.8) is 0 Å². The minimum Gasteiger partial charge on any atom is -0.202 e. The molecule has 0 radical (unpaired) electrons. The van der Waals surface area contributed by atoms with Gasteiger partial charge in [-0.3, -0.25) is 0 Å². The monoisotopic (exact) mass is 324 g/mol. The molecular weight excluding hydrogens is 316 g/mol. The molecule has 3 rings (SSSR count). The minimum absolute atomic E-state index is 0.422. The van der Waals surface area contributed by atoms with Crippen molar-refractivity contribution in [2.24, 2.45) is 0 Å². The van der Waals surface area contributed by atoms with Crippen LogP contribution < -0.4 is 0 Å². The van der Waals surface area contributed by atoms with Gasteiger partial charge in [0.05, 0.1) is 5.52 Å². The Morgan fingerprint density at radius 3 is 2.70 bits per heavy atom. The summed E-state index contributed by atoms with van der Waals surface area (Å²) in [5.74, 6) is 0. The lowest BCUT2D eigenvalue weighted by Crippen LogP contribution is -1.97. The lowest BCUT2D eigenvalue weighted by molar-refractivity contribution is 0.848. The summed E-state index contributed by atoms with van der Waals surface area (Å²) in [6, 6.07) is 17.4. The summed E-state index contributed by atoms with van der Waals surface area (Å²) in [6.07, 6.45) is 1.78. The molecule has 0 fully saturated rings. The summed E-state index contributed by atoms with van der Waals surface area (Å²) in [5.41, 5.74) is 2.92. The maximum absolute atomic E-state index is 9.39. The topological polar surface area (TPSA) is 54.5 Å². The van der Waals surface area contributed by atoms with Crippen molar-refractivity contribution in [3.8, 4) is 6.07 Å². The predicted molar refractivity (Wildman–Crippen MR) is 81.5 cm³/mol. The van der Waals surface area contributed by atoms with Gasteiger partial charge in [-0.1, -0.05) is 51.5 Å². The molecule has 2 aromatic carbocycles. The van der Waals surface area contributed by atoms with Gasteiger partial charge in [-0.05, 0) is 29.8 Å². The van der Waals surface area contributed by atoms with Gasteiger partial charge >= 0.3 is 0 Å². The Morgan fingerprint density at radius 2 is 1.90 bits per heavy atom. The maximum atomic E-state index is 9.39. The Kier molecular flexibility index (Phi) is 3.32. The van der Waals surface area contributed by atoms with Gasteiger partial charge in [-0.2, -0.15) is 5.26 Å². The first-order chi connectivity index (χ1) is 9.79. The molecule has 96 valence electrons. The van der Waals surface area contributed by atoms with E-state index in [-0.39, 0.29) is 0 Å². The fourth-order valence-electron chi connectivity index (χ4n) is 1.93. The van der Waals surface area contributed by atoms with Gasteiger partial charge in [0.15, 0.2) is 0 Å². The number of allylic oxidation sites excluding steroid dienone is 1. The van der Waals surface area contributed by atoms with Crippen molar-refractivity contribution in [2.75, 3.05) is 0 Å². The quantitative estimate of drug-likeness (QED) is 0.675. The minimum atomic E-state index is 0.422. The largest absolute Gasteiger partial charge is 0.202 e. The third kappa shape index (κ3) is 2.22. The van der Waals surface area contributed by atoms with Gasteiger partial charge in [0.2, 0.25) is 0 Å². The van der Waals surface area contributed by atoms with Crippen LogP contribution in [-0.4, -0.2) is 15.0 Å². The molecule has 0 aliphatic carbocycles. The highest BCUT2D eigenvalue weighted by atomic mass is 79.9. The summed E-state index contributed by atoms with van der Waals surface area (Å²) in [5, 5.41) is 17.5. The predicted octanol–water partition coefficient (Wildman–Crippen LogP) is 3.72. The van der Waals surface area contributed by atoms with E-state index < -0.39 is 0 Å². The van der Waals surface area contributed by atoms with Crippen molar-refractivity contribution in [1.29, 1.82) is 5.26 Å². The highest BCUT2D eigenvalue weighted by Crippen LogP contribution is 2.21. The number of nitrogens with zero attached hydrogens (tertiary/aromatic N) is 4. The van der Waals surface area contributed by atoms with Gasteiger partial charge in [0.1, 0.15) is 17.3 Å². The Morgan fingerprint density at radius 1 is 1.15 bits per heavy atom. The fraction of sp³-hybridized carbons (Fsp3) is 0. The molecule has 1 aromatic heterocycles. The van der Waals surface area contributed by atoms with Crippen molar-refractivity contribution < 1.29 is 0 Å². The van der Waals surface area contributed by atoms with E-state index in [1.807, 2.05) is 48.5 Å². The van der Waals surface area contributed by atoms with E-state index in [2.05, 4.69) is 32.3 Å². The molecular formula is C15H9BrN4. The summed E-state index contributed by atoms with van der Waals surface area (Å²) in [6.45, 7) is 0. The molecule has 0 aliphatic rings. The fourth-order valence-corrected chi connectivity index (χ4v) is 2.33. The van der Waals surface area contributed by atoms with E-state index in [1.165, 1.54) is 0 Å². The first kappa shape index (κ1) is 12.6. The molecule has 4 nitrogen and oxygen atoms in total. The summed E-state index contributed by atoms with van der Waals surface area (Å²) < 4.78 is 2.48. The molecule has 0 spiro atoms. The molecule has 20 heavy (non-hydrogen) atoms. The summed E-state index contributed by atoms with van der Waals surface area (Å²) >= 11 is 3.47. The van der Waals surface area contributed by atoms with Crippen LogP contribution in [0, 0.1) is 11.3 Å². The molecule has 0 saturated carbocycles. The number of hydrogen-bond donors (Lipinski definition) is 0. The number of nitriles is 1. The third-order valence-electron chi connectivity index (χ3n) is 2.89. The maximum Gasteiger partial charge on any atom is 0.145 e. The van der Waals surface area contributed by atoms with Gasteiger partial charge in [-0.25, -0.2) is 4.68 Å². The lowest BCUT2D eigenvalue weighted by Gasteiger charge is -2.01. The molecule has 0 saturated heterocycles. The Bertz CT molecular complexity index is 842. The molecule has 5 heteroatoms. The zero-order chi connectivity index (χ0) is 13.9. The molecule has 0 amide bonds. The van der Waals surface area contributed by atoms with Gasteiger partial charge in [-0.15, -0.1) is 5.10 Å². The van der Waals surface area contributed by atoms with Crippen molar-refractivity contribution in [2.45, 2.75) is 0 Å². The van der Waals surface area contributed by atoms with E-state index in [0.717, 1.165) is 21.1 Å². The highest BCUT2D eigenvalue weighted by Gasteiger charge is 2.08. The Balaban J connectivity index is 2.16. The smallest absolute Gasteiger partial charge is 0.145 e. The Labute approximate surface area is 124 Å². The Hall–Kier alpha value is -2.45. The van der Waals surface area contributed by atoms with Crippen LogP contribution in [0.25, 0.3) is 22.8 Å². The first-order valence-corrected chi connectivity index (χ1v) is 6.76. The molecule has 0 N–H and O–H groups in total. The van der Waals surface area contributed by atoms with E-state index in [1.54, 1.807) is 10.8 Å². The van der Waals surface area contributed by atoms with Crippen molar-refractivity contribution in [3.05, 3.63) is 58.6 Å². The second-order valence-electron chi connectivity index (χ2n) is 4.15. The molecule has 0 unspecified atom stereocenters. The second-order valence-corrected chi connectivity index (χ2v) is 5.01. The molecule has 3 aromatic rings. The normalized spacial score (nSPS) is 11.5. The van der Waals surface area contributed by atoms with Crippen LogP contribution in [0.1, 0.15) is 5.56 Å². The average Bonchev–Trinajstić information content (AvgIpc) is 2.90. The van der Waals surface area contributed by atoms with Crippen LogP contribution in [-0.2, 0) is 0 Å². The lowest BCUT2D eigenvalue weighted by atomic mass is 10.2. The first-order valence-electron chi connectivity index (χ1n) is 5.97. The van der Waals surface area contributed by atoms with Crippen LogP contribution in [0.15, 0.2) is 53.0 Å². The molecule has 0 aliphatic heterocycles. The van der Waals surface area contributed by atoms with E-state index in [9.17, 15) is 5.26 Å². The van der Waals surface area contributed by atoms with Crippen LogP contribution in [0.2, 0.25) is 0 Å². The highest BCUT2D eigenvalue weighted by molar-refractivity contribution is 9.10. The molecule has 1 heterocycles. The molecule has 0 atom stereocenters. The summed E-state index contributed by atoms with van der Waals surface area (Å²) in [7, 11) is 0. The molecule has 0 bridgehead atoms. The number of halogens is 1. The summed E-state index contributed by atoms with van der Waals surface area (Å²) in [4.78, 5) is 0. The number of aromatic nitrogens is 3.